The summed E-state index contributed by atoms with van der Waals surface area (Å²) in [6.45, 7) is 0. The first-order valence-electron chi connectivity index (χ1n) is 6.52. The number of ether oxygens (including phenoxy) is 2. The molecule has 0 aromatic heterocycles. The lowest BCUT2D eigenvalue weighted by atomic mass is 10.1. The Labute approximate surface area is 137 Å². The molecule has 2 aromatic carbocycles. The van der Waals surface area contributed by atoms with E-state index in [9.17, 15) is 4.79 Å². The van der Waals surface area contributed by atoms with Crippen LogP contribution < -0.4 is 4.74 Å². The number of hydrogen-bond acceptors (Lipinski definition) is 4. The van der Waals surface area contributed by atoms with Crippen molar-refractivity contribution in [2.24, 2.45) is 5.11 Å². The molecule has 0 saturated heterocycles. The van der Waals surface area contributed by atoms with Crippen LogP contribution in [0.4, 0.5) is 0 Å². The molecule has 0 aliphatic carbocycles. The van der Waals surface area contributed by atoms with Crippen LogP contribution in [-0.4, -0.2) is 13.1 Å². The molecule has 0 bridgehead atoms. The van der Waals surface area contributed by atoms with E-state index in [0.29, 0.717) is 22.1 Å². The van der Waals surface area contributed by atoms with Crippen LogP contribution in [0.5, 0.6) is 11.5 Å². The largest absolute Gasteiger partial charge is 0.466 e. The van der Waals surface area contributed by atoms with Gasteiger partial charge in [0.1, 0.15) is 17.2 Å². The summed E-state index contributed by atoms with van der Waals surface area (Å²) in [5.74, 6) is 0.184. The Morgan fingerprint density at radius 2 is 1.83 bits per heavy atom. The first kappa shape index (κ1) is 16.4. The average molecular weight is 330 g/mol. The predicted molar refractivity (Wildman–Crippen MR) is 87.1 cm³/mol. The number of carbonyl (C=O) groups is 1. The van der Waals surface area contributed by atoms with Crippen molar-refractivity contribution < 1.29 is 14.3 Å². The van der Waals surface area contributed by atoms with Gasteiger partial charge in [-0.3, -0.25) is 0 Å². The maximum absolute atomic E-state index is 11.6. The lowest BCUT2D eigenvalue weighted by molar-refractivity contribution is -0.136. The lowest BCUT2D eigenvalue weighted by Gasteiger charge is -2.10. The van der Waals surface area contributed by atoms with Gasteiger partial charge < -0.3 is 9.47 Å². The third-order valence-corrected chi connectivity index (χ3v) is 3.13. The molecule has 0 heterocycles. The fraction of sp³-hybridized carbons (Fsp3) is 0.0625. The first-order chi connectivity index (χ1) is 11.2. The minimum Gasteiger partial charge on any atom is -0.466 e. The number of halogens is 1. The summed E-state index contributed by atoms with van der Waals surface area (Å²) in [4.78, 5) is 14.2. The number of hydrogen-bond donors (Lipinski definition) is 0. The Morgan fingerprint density at radius 1 is 1.17 bits per heavy atom. The number of esters is 1. The molecule has 0 saturated carbocycles. The highest BCUT2D eigenvalue weighted by Gasteiger charge is 2.11. The summed E-state index contributed by atoms with van der Waals surface area (Å²) in [5, 5.41) is 3.79. The molecule has 2 aromatic rings. The van der Waals surface area contributed by atoms with Crippen molar-refractivity contribution in [3.05, 3.63) is 75.3 Å². The van der Waals surface area contributed by atoms with E-state index in [1.54, 1.807) is 48.5 Å². The Kier molecular flexibility index (Phi) is 5.63. The number of azide groups is 1. The van der Waals surface area contributed by atoms with Crippen molar-refractivity contribution in [3.63, 3.8) is 0 Å². The van der Waals surface area contributed by atoms with Crippen LogP contribution in [-0.2, 0) is 9.53 Å². The van der Waals surface area contributed by atoms with Crippen LogP contribution in [0, 0.1) is 0 Å². The molecule has 0 aliphatic rings. The molecule has 6 nitrogen and oxygen atoms in total. The average Bonchev–Trinajstić information content (AvgIpc) is 2.57. The number of rotatable bonds is 5. The minimum atomic E-state index is -0.740. The molecular formula is C16H12ClN3O3. The van der Waals surface area contributed by atoms with Gasteiger partial charge in [-0.2, -0.15) is 0 Å². The van der Waals surface area contributed by atoms with E-state index in [1.165, 1.54) is 13.2 Å². The number of carbonyl (C=O) groups excluding carboxylic acids is 1. The molecule has 0 spiro atoms. The Morgan fingerprint density at radius 3 is 2.48 bits per heavy atom. The zero-order valence-corrected chi connectivity index (χ0v) is 12.9. The predicted octanol–water partition coefficient (Wildman–Crippen LogP) is 4.96. The second-order valence-electron chi connectivity index (χ2n) is 4.28. The third-order valence-electron chi connectivity index (χ3n) is 2.81. The highest BCUT2D eigenvalue weighted by molar-refractivity contribution is 6.32. The number of para-hydroxylation sites is 2. The maximum atomic E-state index is 11.6. The fourth-order valence-electron chi connectivity index (χ4n) is 1.77. The lowest BCUT2D eigenvalue weighted by Crippen LogP contribution is -2.02. The molecular weight excluding hydrogens is 318 g/mol. The van der Waals surface area contributed by atoms with Gasteiger partial charge in [-0.15, -0.1) is 0 Å². The summed E-state index contributed by atoms with van der Waals surface area (Å²) in [6, 6.07) is 14.0. The first-order valence-corrected chi connectivity index (χ1v) is 6.90. The van der Waals surface area contributed by atoms with Crippen LogP contribution in [0.1, 0.15) is 5.56 Å². The normalized spacial score (nSPS) is 10.6. The van der Waals surface area contributed by atoms with Gasteiger partial charge in [-0.25, -0.2) is 4.79 Å². The maximum Gasteiger partial charge on any atom is 0.340 e. The Hall–Kier alpha value is -2.95. The molecule has 0 radical (unpaired) electrons. The van der Waals surface area contributed by atoms with Crippen molar-refractivity contribution in [3.8, 4) is 11.5 Å². The summed E-state index contributed by atoms with van der Waals surface area (Å²) in [7, 11) is 1.20. The summed E-state index contributed by atoms with van der Waals surface area (Å²) < 4.78 is 10.3. The Balaban J connectivity index is 2.43. The van der Waals surface area contributed by atoms with E-state index in [1.807, 2.05) is 0 Å². The van der Waals surface area contributed by atoms with Gasteiger partial charge >= 0.3 is 5.97 Å². The van der Waals surface area contributed by atoms with Gasteiger partial charge in [0, 0.05) is 10.5 Å². The molecule has 0 amide bonds. The smallest absolute Gasteiger partial charge is 0.340 e. The van der Waals surface area contributed by atoms with Crippen LogP contribution in [0.15, 0.2) is 59.3 Å². The number of methoxy groups -OCH3 is 1. The van der Waals surface area contributed by atoms with E-state index >= 15 is 0 Å². The molecule has 0 N–H and O–H groups in total. The molecule has 7 heteroatoms. The fourth-order valence-corrected chi connectivity index (χ4v) is 1.94. The van der Waals surface area contributed by atoms with Crippen LogP contribution in [0.3, 0.4) is 0 Å². The Bertz CT molecular complexity index is 799. The zero-order chi connectivity index (χ0) is 16.7. The van der Waals surface area contributed by atoms with Gasteiger partial charge in [0.2, 0.25) is 0 Å². The summed E-state index contributed by atoms with van der Waals surface area (Å²) in [6.07, 6.45) is 1.39. The van der Waals surface area contributed by atoms with Gasteiger partial charge in [-0.1, -0.05) is 47.0 Å². The van der Waals surface area contributed by atoms with Gasteiger partial charge in [0.05, 0.1) is 12.1 Å². The van der Waals surface area contributed by atoms with Crippen molar-refractivity contribution in [1.29, 1.82) is 0 Å². The molecule has 23 heavy (non-hydrogen) atoms. The quantitative estimate of drug-likeness (QED) is 0.255. The minimum absolute atomic E-state index is 0.176. The number of nitrogens with zero attached hydrogens (tertiary/aromatic N) is 3. The highest BCUT2D eigenvalue weighted by Crippen LogP contribution is 2.31. The van der Waals surface area contributed by atoms with E-state index in [2.05, 4.69) is 14.8 Å². The van der Waals surface area contributed by atoms with Gasteiger partial charge in [-0.05, 0) is 29.8 Å². The zero-order valence-electron chi connectivity index (χ0n) is 12.1. The van der Waals surface area contributed by atoms with Crippen LogP contribution in [0.25, 0.3) is 16.5 Å². The molecule has 0 aliphatic heterocycles. The molecule has 0 atom stereocenters. The van der Waals surface area contributed by atoms with Crippen molar-refractivity contribution in [2.45, 2.75) is 0 Å². The molecule has 0 fully saturated rings. The second kappa shape index (κ2) is 7.89. The van der Waals surface area contributed by atoms with Gasteiger partial charge in [0.15, 0.2) is 0 Å². The molecule has 116 valence electrons. The standard InChI is InChI=1S/C16H12ClN3O3/c1-22-16(21)13(19-20-18)10-11-6-2-4-8-14(11)23-15-9-5-3-7-12(15)17/h2-10H,1H3/b13-10+. The summed E-state index contributed by atoms with van der Waals surface area (Å²) >= 11 is 6.07. The topological polar surface area (TPSA) is 84.3 Å². The monoisotopic (exact) mass is 329 g/mol. The van der Waals surface area contributed by atoms with E-state index < -0.39 is 5.97 Å². The van der Waals surface area contributed by atoms with E-state index in [0.717, 1.165) is 0 Å². The SMILES string of the molecule is COC(=O)/C(=C\c1ccccc1Oc1ccccc1Cl)N=[N+]=[N-]. The molecule has 2 rings (SSSR count). The van der Waals surface area contributed by atoms with E-state index in [-0.39, 0.29) is 5.70 Å². The third kappa shape index (κ3) is 4.26. The summed E-state index contributed by atoms with van der Waals surface area (Å²) in [5.41, 5.74) is 8.93. The van der Waals surface area contributed by atoms with Crippen molar-refractivity contribution >= 4 is 23.6 Å². The second-order valence-corrected chi connectivity index (χ2v) is 4.69. The number of benzene rings is 2. The van der Waals surface area contributed by atoms with Crippen LogP contribution >= 0.6 is 11.6 Å². The van der Waals surface area contributed by atoms with Crippen LogP contribution in [0.2, 0.25) is 5.02 Å². The van der Waals surface area contributed by atoms with Crippen molar-refractivity contribution in [2.75, 3.05) is 7.11 Å². The van der Waals surface area contributed by atoms with Gasteiger partial charge in [0.25, 0.3) is 0 Å². The van der Waals surface area contributed by atoms with Crippen molar-refractivity contribution in [1.82, 2.24) is 0 Å². The van der Waals surface area contributed by atoms with E-state index in [4.69, 9.17) is 21.9 Å². The highest BCUT2D eigenvalue weighted by atomic mass is 35.5. The molecule has 0 unspecified atom stereocenters.